The second-order valence-electron chi connectivity index (χ2n) is 23.8. The van der Waals surface area contributed by atoms with Gasteiger partial charge in [-0.3, -0.25) is 14.4 Å². The standard InChI is InChI=1S/C67H130O6/c1-6-8-9-10-11-12-13-14-15-18-23-28-34-39-44-49-54-59-67(70)73-64(61-72-66(69)58-53-48-43-38-33-29-24-25-30-35-40-45-50-55-62(3)4)60-71-65(68)57-52-47-42-37-32-27-22-20-17-16-19-21-26-31-36-41-46-51-56-63(5)7-2/h62-64H,6-61H2,1-5H3/t63?,64-/m1/s1. The number of carbonyl (C=O) groups is 3. The van der Waals surface area contributed by atoms with Crippen molar-refractivity contribution in [2.75, 3.05) is 13.2 Å². The van der Waals surface area contributed by atoms with E-state index in [9.17, 15) is 14.4 Å². The first-order chi connectivity index (χ1) is 35.8. The van der Waals surface area contributed by atoms with Crippen LogP contribution in [-0.4, -0.2) is 37.2 Å². The predicted octanol–water partition coefficient (Wildman–Crippen LogP) is 22.4. The molecule has 0 bridgehead atoms. The Kier molecular flexibility index (Phi) is 58.4. The van der Waals surface area contributed by atoms with E-state index in [0.717, 1.165) is 69.6 Å². The van der Waals surface area contributed by atoms with E-state index in [1.165, 1.54) is 270 Å². The van der Waals surface area contributed by atoms with Crippen molar-refractivity contribution >= 4 is 17.9 Å². The van der Waals surface area contributed by atoms with Gasteiger partial charge in [0.25, 0.3) is 0 Å². The smallest absolute Gasteiger partial charge is 0.306 e. The van der Waals surface area contributed by atoms with Crippen molar-refractivity contribution < 1.29 is 28.6 Å². The Hall–Kier alpha value is -1.59. The summed E-state index contributed by atoms with van der Waals surface area (Å²) in [5, 5.41) is 0. The molecule has 0 heterocycles. The molecule has 6 heteroatoms. The highest BCUT2D eigenvalue weighted by Gasteiger charge is 2.19. The summed E-state index contributed by atoms with van der Waals surface area (Å²) < 4.78 is 17.0. The first-order valence-corrected chi connectivity index (χ1v) is 33.3. The van der Waals surface area contributed by atoms with Gasteiger partial charge in [0.1, 0.15) is 13.2 Å². The summed E-state index contributed by atoms with van der Waals surface area (Å²) in [7, 11) is 0. The van der Waals surface area contributed by atoms with Crippen LogP contribution in [0, 0.1) is 11.8 Å². The number of esters is 3. The SMILES string of the molecule is CCCCCCCCCCCCCCCCCCCC(=O)O[C@H](COC(=O)CCCCCCCCCCCCCCCCCCCCC(C)CC)COC(=O)CCCCCCCCCCCCCCCC(C)C. The van der Waals surface area contributed by atoms with Crippen LogP contribution in [0.3, 0.4) is 0 Å². The molecule has 0 aromatic heterocycles. The Bertz CT molecular complexity index is 1120. The van der Waals surface area contributed by atoms with Gasteiger partial charge >= 0.3 is 17.9 Å². The molecule has 0 saturated heterocycles. The maximum atomic E-state index is 12.9. The molecule has 0 rings (SSSR count). The normalized spacial score (nSPS) is 12.4. The van der Waals surface area contributed by atoms with Crippen LogP contribution in [0.15, 0.2) is 0 Å². The van der Waals surface area contributed by atoms with Crippen LogP contribution in [-0.2, 0) is 28.6 Å². The summed E-state index contributed by atoms with van der Waals surface area (Å²) in [6, 6.07) is 0. The number of carbonyl (C=O) groups excluding carboxylic acids is 3. The molecule has 0 aliphatic carbocycles. The van der Waals surface area contributed by atoms with Gasteiger partial charge in [0.05, 0.1) is 0 Å². The van der Waals surface area contributed by atoms with Crippen LogP contribution in [0.4, 0.5) is 0 Å². The third kappa shape index (κ3) is 59.5. The van der Waals surface area contributed by atoms with Gasteiger partial charge in [-0.15, -0.1) is 0 Å². The minimum atomic E-state index is -0.764. The minimum Gasteiger partial charge on any atom is -0.462 e. The topological polar surface area (TPSA) is 78.9 Å². The van der Waals surface area contributed by atoms with E-state index in [-0.39, 0.29) is 31.1 Å². The highest BCUT2D eigenvalue weighted by Crippen LogP contribution is 2.20. The van der Waals surface area contributed by atoms with Crippen molar-refractivity contribution in [1.29, 1.82) is 0 Å². The van der Waals surface area contributed by atoms with Crippen molar-refractivity contribution in [3.63, 3.8) is 0 Å². The fourth-order valence-corrected chi connectivity index (χ4v) is 10.4. The number of unbranched alkanes of at least 4 members (excludes halogenated alkanes) is 45. The Labute approximate surface area is 457 Å². The number of hydrogen-bond donors (Lipinski definition) is 0. The van der Waals surface area contributed by atoms with Gasteiger partial charge in [0.2, 0.25) is 0 Å². The highest BCUT2D eigenvalue weighted by molar-refractivity contribution is 5.71. The molecule has 0 spiro atoms. The largest absolute Gasteiger partial charge is 0.462 e. The number of ether oxygens (including phenoxy) is 3. The van der Waals surface area contributed by atoms with E-state index >= 15 is 0 Å². The molecule has 0 fully saturated rings. The quantitative estimate of drug-likeness (QED) is 0.0343. The van der Waals surface area contributed by atoms with Crippen molar-refractivity contribution in [1.82, 2.24) is 0 Å². The van der Waals surface area contributed by atoms with Crippen molar-refractivity contribution in [3.8, 4) is 0 Å². The Morgan fingerprint density at radius 3 is 0.781 bits per heavy atom. The molecule has 6 nitrogen and oxygen atoms in total. The van der Waals surface area contributed by atoms with Crippen LogP contribution < -0.4 is 0 Å². The second-order valence-corrected chi connectivity index (χ2v) is 23.8. The average molecular weight is 1030 g/mol. The molecule has 73 heavy (non-hydrogen) atoms. The monoisotopic (exact) mass is 1030 g/mol. The lowest BCUT2D eigenvalue weighted by Gasteiger charge is -2.18. The van der Waals surface area contributed by atoms with Crippen LogP contribution in [0.2, 0.25) is 0 Å². The van der Waals surface area contributed by atoms with Gasteiger partial charge < -0.3 is 14.2 Å². The van der Waals surface area contributed by atoms with Gasteiger partial charge in [-0.05, 0) is 31.1 Å². The molecular formula is C67H130O6. The molecule has 0 aromatic carbocycles. The van der Waals surface area contributed by atoms with Crippen molar-refractivity contribution in [2.45, 2.75) is 387 Å². The summed E-state index contributed by atoms with van der Waals surface area (Å²) >= 11 is 0. The lowest BCUT2D eigenvalue weighted by Crippen LogP contribution is -2.30. The van der Waals surface area contributed by atoms with Gasteiger partial charge in [0.15, 0.2) is 6.10 Å². The van der Waals surface area contributed by atoms with Crippen molar-refractivity contribution in [2.24, 2.45) is 11.8 Å². The zero-order valence-electron chi connectivity index (χ0n) is 50.3. The zero-order chi connectivity index (χ0) is 53.2. The van der Waals surface area contributed by atoms with E-state index in [2.05, 4.69) is 34.6 Å². The molecule has 0 aromatic rings. The fraction of sp³-hybridized carbons (Fsp3) is 0.955. The van der Waals surface area contributed by atoms with E-state index in [1.54, 1.807) is 0 Å². The predicted molar refractivity (Wildman–Crippen MR) is 316 cm³/mol. The molecule has 434 valence electrons. The van der Waals surface area contributed by atoms with Crippen molar-refractivity contribution in [3.05, 3.63) is 0 Å². The first-order valence-electron chi connectivity index (χ1n) is 33.3. The summed E-state index contributed by atoms with van der Waals surface area (Å²) in [4.78, 5) is 38.4. The summed E-state index contributed by atoms with van der Waals surface area (Å²) in [5.41, 5.74) is 0. The molecule has 2 atom stereocenters. The molecular weight excluding hydrogens is 901 g/mol. The van der Waals surface area contributed by atoms with Crippen LogP contribution in [0.5, 0.6) is 0 Å². The molecule has 1 unspecified atom stereocenters. The molecule has 0 saturated carbocycles. The number of hydrogen-bond acceptors (Lipinski definition) is 6. The lowest BCUT2D eigenvalue weighted by atomic mass is 9.99. The van der Waals surface area contributed by atoms with E-state index < -0.39 is 6.10 Å². The van der Waals surface area contributed by atoms with Crippen LogP contribution in [0.1, 0.15) is 381 Å². The van der Waals surface area contributed by atoms with Gasteiger partial charge in [0, 0.05) is 19.3 Å². The van der Waals surface area contributed by atoms with Crippen LogP contribution in [0.25, 0.3) is 0 Å². The first kappa shape index (κ1) is 71.4. The molecule has 0 aliphatic rings. The summed E-state index contributed by atoms with van der Waals surface area (Å²) in [6.07, 6.45) is 66.7. The lowest BCUT2D eigenvalue weighted by molar-refractivity contribution is -0.167. The second kappa shape index (κ2) is 59.7. The Morgan fingerprint density at radius 2 is 0.521 bits per heavy atom. The third-order valence-electron chi connectivity index (χ3n) is 15.8. The molecule has 0 aliphatic heterocycles. The fourth-order valence-electron chi connectivity index (χ4n) is 10.4. The summed E-state index contributed by atoms with van der Waals surface area (Å²) in [6.45, 7) is 11.5. The van der Waals surface area contributed by atoms with Gasteiger partial charge in [-0.2, -0.15) is 0 Å². The summed E-state index contributed by atoms with van der Waals surface area (Å²) in [5.74, 6) is 0.921. The van der Waals surface area contributed by atoms with Gasteiger partial charge in [-0.1, -0.05) is 343 Å². The molecule has 0 amide bonds. The van der Waals surface area contributed by atoms with Gasteiger partial charge in [-0.25, -0.2) is 0 Å². The van der Waals surface area contributed by atoms with E-state index in [4.69, 9.17) is 14.2 Å². The highest BCUT2D eigenvalue weighted by atomic mass is 16.6. The Balaban J connectivity index is 4.26. The Morgan fingerprint density at radius 1 is 0.288 bits per heavy atom. The van der Waals surface area contributed by atoms with Crippen LogP contribution >= 0.6 is 0 Å². The minimum absolute atomic E-state index is 0.0616. The maximum absolute atomic E-state index is 12.9. The average Bonchev–Trinajstić information content (AvgIpc) is 3.38. The molecule has 0 N–H and O–H groups in total. The van der Waals surface area contributed by atoms with E-state index in [1.807, 2.05) is 0 Å². The number of rotatable bonds is 61. The maximum Gasteiger partial charge on any atom is 0.306 e. The molecule has 0 radical (unpaired) electrons. The zero-order valence-corrected chi connectivity index (χ0v) is 50.3. The van der Waals surface area contributed by atoms with E-state index in [0.29, 0.717) is 19.3 Å². The third-order valence-corrected chi connectivity index (χ3v) is 15.8.